The Morgan fingerprint density at radius 3 is 2.19 bits per heavy atom. The first-order chi connectivity index (χ1) is 12.5. The molecule has 0 heterocycles. The van der Waals surface area contributed by atoms with E-state index in [-0.39, 0.29) is 5.57 Å². The minimum absolute atomic E-state index is 0.0175. The molecule has 0 aromatic heterocycles. The lowest BCUT2D eigenvalue weighted by Crippen LogP contribution is -2.13. The van der Waals surface area contributed by atoms with Crippen molar-refractivity contribution in [2.75, 3.05) is 26.6 Å². The van der Waals surface area contributed by atoms with Crippen LogP contribution >= 0.6 is 0 Å². The Bertz CT molecular complexity index is 865. The first-order valence-electron chi connectivity index (χ1n) is 7.82. The van der Waals surface area contributed by atoms with Gasteiger partial charge in [0.05, 0.1) is 21.3 Å². The summed E-state index contributed by atoms with van der Waals surface area (Å²) >= 11 is 0. The Kier molecular flexibility index (Phi) is 6.23. The van der Waals surface area contributed by atoms with Crippen molar-refractivity contribution in [3.05, 3.63) is 53.1 Å². The topological polar surface area (TPSA) is 80.6 Å². The lowest BCUT2D eigenvalue weighted by atomic mass is 10.0. The van der Waals surface area contributed by atoms with Crippen LogP contribution in [0.15, 0.2) is 42.0 Å². The number of ether oxygens (including phenoxy) is 3. The van der Waals surface area contributed by atoms with Crippen molar-refractivity contribution in [2.24, 2.45) is 0 Å². The molecule has 0 bridgehead atoms. The van der Waals surface area contributed by atoms with Crippen LogP contribution in [0.2, 0.25) is 0 Å². The maximum atomic E-state index is 12.4. The Hall–Kier alpha value is -3.46. The zero-order valence-corrected chi connectivity index (χ0v) is 15.1. The summed E-state index contributed by atoms with van der Waals surface area (Å²) in [7, 11) is 4.65. The van der Waals surface area contributed by atoms with E-state index in [1.807, 2.05) is 13.0 Å². The van der Waals surface area contributed by atoms with Crippen LogP contribution in [-0.2, 0) is 4.79 Å². The predicted octanol–water partition coefficient (Wildman–Crippen LogP) is 3.57. The summed E-state index contributed by atoms with van der Waals surface area (Å²) in [6.07, 6.45) is 1.52. The molecule has 6 heteroatoms. The number of carbonyl (C=O) groups is 1. The largest absolute Gasteiger partial charge is 0.497 e. The average molecular weight is 352 g/mol. The average Bonchev–Trinajstić information content (AvgIpc) is 2.67. The molecule has 0 spiro atoms. The number of hydrogen-bond acceptors (Lipinski definition) is 5. The first kappa shape index (κ1) is 18.9. The number of aryl methyl sites for hydroxylation is 1. The van der Waals surface area contributed by atoms with E-state index in [1.165, 1.54) is 13.2 Å². The highest BCUT2D eigenvalue weighted by atomic mass is 16.5. The van der Waals surface area contributed by atoms with Crippen molar-refractivity contribution >= 4 is 17.7 Å². The number of amides is 1. The van der Waals surface area contributed by atoms with Crippen LogP contribution in [-0.4, -0.2) is 27.2 Å². The predicted molar refractivity (Wildman–Crippen MR) is 99.5 cm³/mol. The van der Waals surface area contributed by atoms with Gasteiger partial charge >= 0.3 is 0 Å². The highest BCUT2D eigenvalue weighted by Gasteiger charge is 2.13. The molecular formula is C20H20N2O4. The summed E-state index contributed by atoms with van der Waals surface area (Å²) in [5, 5.41) is 12.1. The van der Waals surface area contributed by atoms with Crippen molar-refractivity contribution in [2.45, 2.75) is 6.92 Å². The Morgan fingerprint density at radius 2 is 1.65 bits per heavy atom. The number of nitriles is 1. The molecule has 2 aromatic rings. The number of carbonyl (C=O) groups excluding carboxylic acids is 1. The molecule has 134 valence electrons. The third kappa shape index (κ3) is 4.33. The highest BCUT2D eigenvalue weighted by Crippen LogP contribution is 2.31. The van der Waals surface area contributed by atoms with Crippen molar-refractivity contribution in [1.82, 2.24) is 0 Å². The van der Waals surface area contributed by atoms with Crippen LogP contribution in [0.1, 0.15) is 11.1 Å². The van der Waals surface area contributed by atoms with Gasteiger partial charge in [-0.25, -0.2) is 0 Å². The second-order valence-electron chi connectivity index (χ2n) is 5.42. The number of anilines is 1. The van der Waals surface area contributed by atoms with E-state index in [1.54, 1.807) is 50.6 Å². The van der Waals surface area contributed by atoms with Crippen LogP contribution in [0.25, 0.3) is 6.08 Å². The monoisotopic (exact) mass is 352 g/mol. The molecule has 0 saturated carbocycles. The quantitative estimate of drug-likeness (QED) is 0.635. The normalized spacial score (nSPS) is 10.7. The van der Waals surface area contributed by atoms with Crippen LogP contribution in [0, 0.1) is 18.3 Å². The summed E-state index contributed by atoms with van der Waals surface area (Å²) in [5.41, 5.74) is 2.11. The number of benzene rings is 2. The van der Waals surface area contributed by atoms with Crippen molar-refractivity contribution in [1.29, 1.82) is 5.26 Å². The Morgan fingerprint density at radius 1 is 1.04 bits per heavy atom. The number of rotatable bonds is 6. The molecule has 1 amide bonds. The molecule has 0 aliphatic carbocycles. The Balaban J connectivity index is 2.29. The summed E-state index contributed by atoms with van der Waals surface area (Å²) in [5.74, 6) is 1.30. The van der Waals surface area contributed by atoms with Gasteiger partial charge in [-0.1, -0.05) is 0 Å². The maximum absolute atomic E-state index is 12.4. The van der Waals surface area contributed by atoms with E-state index in [0.717, 1.165) is 5.56 Å². The smallest absolute Gasteiger partial charge is 0.266 e. The van der Waals surface area contributed by atoms with Crippen LogP contribution in [0.5, 0.6) is 17.2 Å². The van der Waals surface area contributed by atoms with Crippen LogP contribution in [0.3, 0.4) is 0 Å². The molecule has 6 nitrogen and oxygen atoms in total. The molecule has 0 atom stereocenters. The van der Waals surface area contributed by atoms with E-state index in [2.05, 4.69) is 5.32 Å². The van der Waals surface area contributed by atoms with Gasteiger partial charge in [0.25, 0.3) is 5.91 Å². The van der Waals surface area contributed by atoms with Crippen LogP contribution in [0.4, 0.5) is 5.69 Å². The SMILES string of the molecule is COc1ccc(NC(=O)C(C#N)=Cc2cc(OC)c(OC)cc2C)cc1. The minimum atomic E-state index is -0.494. The van der Waals surface area contributed by atoms with Gasteiger partial charge in [0, 0.05) is 5.69 Å². The second kappa shape index (κ2) is 8.58. The summed E-state index contributed by atoms with van der Waals surface area (Å²) in [4.78, 5) is 12.4. The number of hydrogen-bond donors (Lipinski definition) is 1. The van der Waals surface area contributed by atoms with E-state index < -0.39 is 5.91 Å². The molecule has 0 aliphatic rings. The lowest BCUT2D eigenvalue weighted by Gasteiger charge is -2.11. The minimum Gasteiger partial charge on any atom is -0.497 e. The van der Waals surface area contributed by atoms with Gasteiger partial charge < -0.3 is 19.5 Å². The molecule has 0 unspecified atom stereocenters. The second-order valence-corrected chi connectivity index (χ2v) is 5.42. The fourth-order valence-electron chi connectivity index (χ4n) is 2.33. The zero-order valence-electron chi connectivity index (χ0n) is 15.1. The van der Waals surface area contributed by atoms with Gasteiger partial charge in [0.15, 0.2) is 11.5 Å². The standard InChI is InChI=1S/C20H20N2O4/c1-13-9-18(25-3)19(26-4)11-14(13)10-15(12-21)20(23)22-16-5-7-17(24-2)8-6-16/h5-11H,1-4H3,(H,22,23). The van der Waals surface area contributed by atoms with Gasteiger partial charge in [-0.15, -0.1) is 0 Å². The highest BCUT2D eigenvalue weighted by molar-refractivity contribution is 6.09. The third-order valence-electron chi connectivity index (χ3n) is 3.79. The molecule has 0 aliphatic heterocycles. The van der Waals surface area contributed by atoms with Gasteiger partial charge in [-0.3, -0.25) is 4.79 Å². The van der Waals surface area contributed by atoms with Gasteiger partial charge in [0.2, 0.25) is 0 Å². The molecule has 1 N–H and O–H groups in total. The van der Waals surface area contributed by atoms with Crippen LogP contribution < -0.4 is 19.5 Å². The summed E-state index contributed by atoms with van der Waals surface area (Å²) < 4.78 is 15.6. The van der Waals surface area contributed by atoms with E-state index in [4.69, 9.17) is 14.2 Å². The van der Waals surface area contributed by atoms with Gasteiger partial charge in [-0.05, 0) is 60.5 Å². The lowest BCUT2D eigenvalue weighted by molar-refractivity contribution is -0.112. The fourth-order valence-corrected chi connectivity index (χ4v) is 2.33. The maximum Gasteiger partial charge on any atom is 0.266 e. The molecule has 2 aromatic carbocycles. The number of methoxy groups -OCH3 is 3. The number of nitrogens with one attached hydrogen (secondary N) is 1. The summed E-state index contributed by atoms with van der Waals surface area (Å²) in [6, 6.07) is 12.3. The van der Waals surface area contributed by atoms with Gasteiger partial charge in [0.1, 0.15) is 17.4 Å². The third-order valence-corrected chi connectivity index (χ3v) is 3.79. The number of nitrogens with zero attached hydrogens (tertiary/aromatic N) is 1. The zero-order chi connectivity index (χ0) is 19.1. The molecule has 0 radical (unpaired) electrons. The van der Waals surface area contributed by atoms with Crippen molar-refractivity contribution < 1.29 is 19.0 Å². The molecule has 2 rings (SSSR count). The van der Waals surface area contributed by atoms with E-state index in [0.29, 0.717) is 28.5 Å². The van der Waals surface area contributed by atoms with Crippen molar-refractivity contribution in [3.63, 3.8) is 0 Å². The first-order valence-corrected chi connectivity index (χ1v) is 7.82. The van der Waals surface area contributed by atoms with E-state index in [9.17, 15) is 10.1 Å². The van der Waals surface area contributed by atoms with Crippen molar-refractivity contribution in [3.8, 4) is 23.3 Å². The molecule has 26 heavy (non-hydrogen) atoms. The fraction of sp³-hybridized carbons (Fsp3) is 0.200. The van der Waals surface area contributed by atoms with E-state index >= 15 is 0 Å². The molecular weight excluding hydrogens is 332 g/mol. The summed E-state index contributed by atoms with van der Waals surface area (Å²) in [6.45, 7) is 1.87. The molecule has 0 fully saturated rings. The molecule has 0 saturated heterocycles. The Labute approximate surface area is 152 Å². The van der Waals surface area contributed by atoms with Gasteiger partial charge in [-0.2, -0.15) is 5.26 Å².